The fraction of sp³-hybridized carbons (Fsp3) is 0. The molecule has 2 aliphatic heterocycles. The van der Waals surface area contributed by atoms with E-state index in [0.29, 0.717) is 0 Å². The monoisotopic (exact) mass is 691 g/mol. The fourth-order valence-corrected chi connectivity index (χ4v) is 9.08. The zero-order chi connectivity index (χ0) is 35.1. The number of hydrogen-bond acceptors (Lipinski definition) is 4. The summed E-state index contributed by atoms with van der Waals surface area (Å²) in [6.07, 6.45) is 0. The molecule has 3 aromatic heterocycles. The van der Waals surface area contributed by atoms with Gasteiger partial charge in [0.05, 0.1) is 16.4 Å². The molecular weight excluding hydrogens is 665 g/mol. The molecule has 0 unspecified atom stereocenters. The maximum absolute atomic E-state index is 6.97. The Morgan fingerprint density at radius 2 is 1.19 bits per heavy atom. The zero-order valence-electron chi connectivity index (χ0n) is 28.7. The average Bonchev–Trinajstić information content (AvgIpc) is 3.90. The predicted octanol–water partition coefficient (Wildman–Crippen LogP) is 11.5. The van der Waals surface area contributed by atoms with E-state index in [1.807, 2.05) is 18.2 Å². The van der Waals surface area contributed by atoms with Crippen molar-refractivity contribution in [2.45, 2.75) is 0 Å². The fourth-order valence-electron chi connectivity index (χ4n) is 9.08. The third kappa shape index (κ3) is 3.73. The van der Waals surface area contributed by atoms with Crippen LogP contribution in [0, 0.1) is 0 Å². The molecular formula is C48H26BNO4. The van der Waals surface area contributed by atoms with E-state index >= 15 is 0 Å². The Hall–Kier alpha value is -7.18. The number of para-hydroxylation sites is 4. The molecule has 0 bridgehead atoms. The molecule has 0 aliphatic carbocycles. The van der Waals surface area contributed by atoms with Gasteiger partial charge in [-0.3, -0.25) is 0 Å². The molecule has 54 heavy (non-hydrogen) atoms. The van der Waals surface area contributed by atoms with E-state index in [2.05, 4.69) is 144 Å². The minimum Gasteiger partial charge on any atom is -0.551 e. The quantitative estimate of drug-likeness (QED) is 0.169. The van der Waals surface area contributed by atoms with Crippen LogP contribution in [0.1, 0.15) is 0 Å². The molecule has 5 heterocycles. The number of rotatable bonds is 2. The molecule has 6 heteroatoms. The lowest BCUT2D eigenvalue weighted by molar-refractivity contribution is 0.479. The van der Waals surface area contributed by atoms with Crippen molar-refractivity contribution in [2.75, 3.05) is 0 Å². The predicted molar refractivity (Wildman–Crippen MR) is 218 cm³/mol. The van der Waals surface area contributed by atoms with Gasteiger partial charge >= 0.3 is 6.92 Å². The molecule has 13 rings (SSSR count). The Labute approximate surface area is 308 Å². The molecule has 0 spiro atoms. The van der Waals surface area contributed by atoms with E-state index in [9.17, 15) is 0 Å². The number of ether oxygens (including phenoxy) is 1. The first-order chi connectivity index (χ1) is 26.7. The Bertz CT molecular complexity index is 3370. The minimum atomic E-state index is -0.309. The molecule has 0 atom stereocenters. The Morgan fingerprint density at radius 1 is 0.444 bits per heavy atom. The molecule has 0 N–H and O–H groups in total. The van der Waals surface area contributed by atoms with Gasteiger partial charge in [-0.15, -0.1) is 0 Å². The summed E-state index contributed by atoms with van der Waals surface area (Å²) in [6, 6.07) is 55.2. The van der Waals surface area contributed by atoms with E-state index in [0.717, 1.165) is 111 Å². The standard InChI is InChI=1S/C48H26BNO4/c1-5-13-38-30(9-1)31-10-2-6-14-39(31)50(38)29-18-20-37-44(26-29)52-45-25-28(24-35-33-12-4-8-16-42(33)54-49(37)47(35)45)27-17-21-41-36(23-27)46-43(51-41)22-19-34-32-11-3-7-15-40(32)53-48(34)46/h1-26H. The first-order valence-electron chi connectivity index (χ1n) is 18.3. The molecule has 0 saturated heterocycles. The van der Waals surface area contributed by atoms with Gasteiger partial charge in [0.25, 0.3) is 0 Å². The Balaban J connectivity index is 1.01. The summed E-state index contributed by atoms with van der Waals surface area (Å²) in [5.41, 5.74) is 13.0. The summed E-state index contributed by atoms with van der Waals surface area (Å²) in [7, 11) is 0. The number of benzene rings is 8. The van der Waals surface area contributed by atoms with Crippen LogP contribution in [0.4, 0.5) is 0 Å². The summed E-state index contributed by atoms with van der Waals surface area (Å²) in [5, 5.41) is 6.63. The van der Waals surface area contributed by atoms with Gasteiger partial charge in [0, 0.05) is 55.2 Å². The highest BCUT2D eigenvalue weighted by Gasteiger charge is 2.41. The summed E-state index contributed by atoms with van der Waals surface area (Å²) >= 11 is 0. The maximum atomic E-state index is 6.97. The lowest BCUT2D eigenvalue weighted by atomic mass is 9.50. The van der Waals surface area contributed by atoms with Gasteiger partial charge in [-0.25, -0.2) is 0 Å². The van der Waals surface area contributed by atoms with E-state index < -0.39 is 0 Å². The van der Waals surface area contributed by atoms with Crippen LogP contribution in [0.15, 0.2) is 167 Å². The Morgan fingerprint density at radius 3 is 2.06 bits per heavy atom. The normalized spacial score (nSPS) is 13.1. The minimum absolute atomic E-state index is 0.309. The highest BCUT2D eigenvalue weighted by atomic mass is 16.5. The van der Waals surface area contributed by atoms with Gasteiger partial charge in [-0.2, -0.15) is 0 Å². The lowest BCUT2D eigenvalue weighted by Gasteiger charge is -2.33. The van der Waals surface area contributed by atoms with Gasteiger partial charge in [0.15, 0.2) is 0 Å². The number of fused-ring (bicyclic) bond motifs is 14. The van der Waals surface area contributed by atoms with Crippen molar-refractivity contribution < 1.29 is 18.2 Å². The highest BCUT2D eigenvalue weighted by molar-refractivity contribution is 6.84. The second-order valence-electron chi connectivity index (χ2n) is 14.4. The van der Waals surface area contributed by atoms with E-state index in [1.54, 1.807) is 0 Å². The van der Waals surface area contributed by atoms with Crippen LogP contribution in [0.5, 0.6) is 17.2 Å². The largest absolute Gasteiger partial charge is 0.551 e. The molecule has 5 nitrogen and oxygen atoms in total. The molecule has 11 aromatic rings. The van der Waals surface area contributed by atoms with Gasteiger partial charge in [-0.1, -0.05) is 84.9 Å². The summed E-state index contributed by atoms with van der Waals surface area (Å²) in [6.45, 7) is -0.309. The maximum Gasteiger partial charge on any atom is 0.434 e. The molecule has 8 aromatic carbocycles. The molecule has 2 aliphatic rings. The first-order valence-corrected chi connectivity index (χ1v) is 18.3. The van der Waals surface area contributed by atoms with Crippen LogP contribution in [0.3, 0.4) is 0 Å². The number of nitrogens with zero attached hydrogens (tertiary/aromatic N) is 1. The summed E-state index contributed by atoms with van der Waals surface area (Å²) in [5.74, 6) is 2.45. The lowest BCUT2D eigenvalue weighted by Crippen LogP contribution is -2.53. The topological polar surface area (TPSA) is 49.7 Å². The van der Waals surface area contributed by atoms with Gasteiger partial charge in [0.2, 0.25) is 0 Å². The molecule has 0 amide bonds. The second-order valence-corrected chi connectivity index (χ2v) is 14.4. The summed E-state index contributed by atoms with van der Waals surface area (Å²) in [4.78, 5) is 0. The van der Waals surface area contributed by atoms with Crippen LogP contribution >= 0.6 is 0 Å². The van der Waals surface area contributed by atoms with Crippen LogP contribution < -0.4 is 20.3 Å². The van der Waals surface area contributed by atoms with Crippen LogP contribution in [0.2, 0.25) is 0 Å². The van der Waals surface area contributed by atoms with Crippen molar-refractivity contribution in [3.05, 3.63) is 158 Å². The zero-order valence-corrected chi connectivity index (χ0v) is 28.7. The number of furan rings is 2. The van der Waals surface area contributed by atoms with Crippen molar-refractivity contribution in [1.29, 1.82) is 0 Å². The first kappa shape index (κ1) is 28.4. The van der Waals surface area contributed by atoms with Crippen molar-refractivity contribution in [3.8, 4) is 45.2 Å². The van der Waals surface area contributed by atoms with Crippen molar-refractivity contribution in [3.63, 3.8) is 0 Å². The summed E-state index contributed by atoms with van der Waals surface area (Å²) < 4.78 is 29.0. The molecule has 0 fully saturated rings. The van der Waals surface area contributed by atoms with Crippen LogP contribution in [-0.2, 0) is 0 Å². The van der Waals surface area contributed by atoms with Crippen LogP contribution in [-0.4, -0.2) is 11.5 Å². The van der Waals surface area contributed by atoms with Crippen LogP contribution in [0.25, 0.3) is 93.6 Å². The van der Waals surface area contributed by atoms with E-state index in [1.165, 1.54) is 10.8 Å². The third-order valence-corrected chi connectivity index (χ3v) is 11.5. The van der Waals surface area contributed by atoms with Crippen molar-refractivity contribution in [1.82, 2.24) is 4.57 Å². The Kier molecular flexibility index (Phi) is 5.39. The van der Waals surface area contributed by atoms with Crippen molar-refractivity contribution in [2.24, 2.45) is 0 Å². The van der Waals surface area contributed by atoms with E-state index in [-0.39, 0.29) is 6.92 Å². The SMILES string of the molecule is c1ccc2c(c1)OB1c3ccc(-n4c5ccccc5c5ccccc54)cc3Oc3cc(-c4ccc5oc6ccc7c8ccccc8oc7c6c5c4)cc-2c31. The number of hydrogen-bond donors (Lipinski definition) is 0. The van der Waals surface area contributed by atoms with Gasteiger partial charge < -0.3 is 22.8 Å². The molecule has 250 valence electrons. The highest BCUT2D eigenvalue weighted by Crippen LogP contribution is 2.44. The molecule has 0 saturated carbocycles. The third-order valence-electron chi connectivity index (χ3n) is 11.5. The average molecular weight is 692 g/mol. The molecule has 0 radical (unpaired) electrons. The smallest absolute Gasteiger partial charge is 0.434 e. The number of aromatic nitrogens is 1. The van der Waals surface area contributed by atoms with Gasteiger partial charge in [0.1, 0.15) is 39.6 Å². The van der Waals surface area contributed by atoms with E-state index in [4.69, 9.17) is 18.2 Å². The van der Waals surface area contributed by atoms with Crippen molar-refractivity contribution >= 4 is 83.5 Å². The second kappa shape index (κ2) is 10.2. The van der Waals surface area contributed by atoms with Gasteiger partial charge in [-0.05, 0) is 83.4 Å².